The molecule has 8 heteroatoms. The van der Waals surface area contributed by atoms with Crippen LogP contribution in [0.1, 0.15) is 18.9 Å². The number of fused-ring (bicyclic) bond motifs is 1. The third-order valence-electron chi connectivity index (χ3n) is 5.89. The molecule has 29 heavy (non-hydrogen) atoms. The molecular weight excluding hydrogens is 389 g/mol. The first-order chi connectivity index (χ1) is 13.7. The number of benzene rings is 1. The minimum Gasteiger partial charge on any atom is -0.369 e. The molecule has 2 aliphatic heterocycles. The second-order valence-corrected chi connectivity index (χ2v) is 7.78. The fourth-order valence-electron chi connectivity index (χ4n) is 4.34. The molecule has 0 radical (unpaired) electrons. The molecule has 0 amide bonds. The Balaban J connectivity index is 1.76. The zero-order valence-electron chi connectivity index (χ0n) is 16.0. The van der Waals surface area contributed by atoms with Crippen molar-refractivity contribution in [3.8, 4) is 0 Å². The summed E-state index contributed by atoms with van der Waals surface area (Å²) in [6.45, 7) is 4.61. The van der Waals surface area contributed by atoms with E-state index in [1.165, 1.54) is 17.0 Å². The van der Waals surface area contributed by atoms with Gasteiger partial charge in [-0.05, 0) is 43.2 Å². The van der Waals surface area contributed by atoms with Crippen LogP contribution in [0.15, 0.2) is 53.4 Å². The van der Waals surface area contributed by atoms with Gasteiger partial charge in [-0.2, -0.15) is 13.2 Å². The van der Waals surface area contributed by atoms with E-state index in [1.54, 1.807) is 6.92 Å². The largest absolute Gasteiger partial charge is 0.431 e. The van der Waals surface area contributed by atoms with E-state index < -0.39 is 29.0 Å². The highest BCUT2D eigenvalue weighted by molar-refractivity contribution is 5.51. The quantitative estimate of drug-likeness (QED) is 0.756. The van der Waals surface area contributed by atoms with Gasteiger partial charge in [-0.15, -0.1) is 0 Å². The molecule has 1 fully saturated rings. The maximum atomic E-state index is 13.9. The normalized spacial score (nSPS) is 24.8. The fraction of sp³-hybridized carbons (Fsp3) is 0.429. The van der Waals surface area contributed by atoms with Crippen molar-refractivity contribution in [3.63, 3.8) is 0 Å². The lowest BCUT2D eigenvalue weighted by atomic mass is 9.83. The van der Waals surface area contributed by atoms with E-state index >= 15 is 0 Å². The van der Waals surface area contributed by atoms with Crippen LogP contribution in [0, 0.1) is 11.6 Å². The summed E-state index contributed by atoms with van der Waals surface area (Å²) in [4.78, 5) is 3.38. The van der Waals surface area contributed by atoms with Crippen LogP contribution in [0.25, 0.3) is 0 Å². The van der Waals surface area contributed by atoms with E-state index in [0.29, 0.717) is 17.6 Å². The summed E-state index contributed by atoms with van der Waals surface area (Å²) >= 11 is 0. The van der Waals surface area contributed by atoms with Crippen molar-refractivity contribution in [2.75, 3.05) is 26.2 Å². The Morgan fingerprint density at radius 3 is 2.48 bits per heavy atom. The van der Waals surface area contributed by atoms with E-state index in [-0.39, 0.29) is 6.54 Å². The predicted molar refractivity (Wildman–Crippen MR) is 99.7 cm³/mol. The molecule has 1 aliphatic carbocycles. The van der Waals surface area contributed by atoms with Crippen LogP contribution in [-0.2, 0) is 6.54 Å². The average Bonchev–Trinajstić information content (AvgIpc) is 2.98. The number of alkyl halides is 3. The van der Waals surface area contributed by atoms with Gasteiger partial charge in [0.05, 0.1) is 5.54 Å². The van der Waals surface area contributed by atoms with Gasteiger partial charge in [-0.25, -0.2) is 8.78 Å². The third-order valence-corrected chi connectivity index (χ3v) is 5.89. The molecule has 0 spiro atoms. The van der Waals surface area contributed by atoms with Crippen LogP contribution < -0.4 is 5.32 Å². The molecule has 1 unspecified atom stereocenters. The summed E-state index contributed by atoms with van der Waals surface area (Å²) in [5.74, 6) is -2.08. The summed E-state index contributed by atoms with van der Waals surface area (Å²) in [6, 6.07) is 3.24. The van der Waals surface area contributed by atoms with Crippen molar-refractivity contribution in [2.24, 2.45) is 0 Å². The molecule has 0 bridgehead atoms. The molecule has 4 rings (SSSR count). The smallest absolute Gasteiger partial charge is 0.369 e. The lowest BCUT2D eigenvalue weighted by Gasteiger charge is -2.43. The Morgan fingerprint density at radius 2 is 1.83 bits per heavy atom. The van der Waals surface area contributed by atoms with Crippen LogP contribution in [0.2, 0.25) is 0 Å². The Kier molecular flexibility index (Phi) is 4.93. The summed E-state index contributed by atoms with van der Waals surface area (Å²) in [5, 5.41) is 3.25. The molecule has 156 valence electrons. The molecule has 3 aliphatic rings. The number of rotatable bonds is 3. The van der Waals surface area contributed by atoms with Crippen LogP contribution in [0.4, 0.5) is 22.0 Å². The van der Waals surface area contributed by atoms with Crippen molar-refractivity contribution < 1.29 is 22.0 Å². The molecule has 1 aromatic carbocycles. The Hall–Kier alpha value is -2.35. The Morgan fingerprint density at radius 1 is 1.10 bits per heavy atom. The van der Waals surface area contributed by atoms with Gasteiger partial charge in [0.2, 0.25) is 0 Å². The SMILES string of the molecule is CC12CC=CC(N3CCNCC3)=C1C=C(C(F)(F)F)N2Cc1ccc(F)c(F)c1. The number of halogens is 5. The van der Waals surface area contributed by atoms with Gasteiger partial charge in [-0.3, -0.25) is 0 Å². The van der Waals surface area contributed by atoms with E-state index in [9.17, 15) is 22.0 Å². The number of allylic oxidation sites excluding steroid dienone is 2. The first-order valence-electron chi connectivity index (χ1n) is 9.57. The predicted octanol–water partition coefficient (Wildman–Crippen LogP) is 4.10. The van der Waals surface area contributed by atoms with Crippen LogP contribution >= 0.6 is 0 Å². The zero-order chi connectivity index (χ0) is 20.8. The highest BCUT2D eigenvalue weighted by Gasteiger charge is 2.51. The summed E-state index contributed by atoms with van der Waals surface area (Å²) in [7, 11) is 0. The Bertz CT molecular complexity index is 896. The number of nitrogens with zero attached hydrogens (tertiary/aromatic N) is 2. The second kappa shape index (κ2) is 7.16. The first-order valence-corrected chi connectivity index (χ1v) is 9.57. The van der Waals surface area contributed by atoms with Crippen molar-refractivity contribution >= 4 is 0 Å². The van der Waals surface area contributed by atoms with Gasteiger partial charge in [0, 0.05) is 44.0 Å². The van der Waals surface area contributed by atoms with Gasteiger partial charge in [0.25, 0.3) is 0 Å². The fourth-order valence-corrected chi connectivity index (χ4v) is 4.34. The van der Waals surface area contributed by atoms with Gasteiger partial charge in [-0.1, -0.05) is 12.1 Å². The van der Waals surface area contributed by atoms with Crippen molar-refractivity contribution in [1.29, 1.82) is 0 Å². The average molecular weight is 411 g/mol. The molecular formula is C21H22F5N3. The van der Waals surface area contributed by atoms with Gasteiger partial charge in [0.15, 0.2) is 11.6 Å². The maximum Gasteiger partial charge on any atom is 0.431 e. The third kappa shape index (κ3) is 3.54. The summed E-state index contributed by atoms with van der Waals surface area (Å²) < 4.78 is 68.7. The van der Waals surface area contributed by atoms with E-state index in [2.05, 4.69) is 10.2 Å². The van der Waals surface area contributed by atoms with E-state index in [0.717, 1.165) is 44.0 Å². The van der Waals surface area contributed by atoms with Crippen LogP contribution in [0.3, 0.4) is 0 Å². The maximum absolute atomic E-state index is 13.9. The minimum absolute atomic E-state index is 0.161. The molecule has 0 saturated carbocycles. The molecule has 1 N–H and O–H groups in total. The molecule has 1 saturated heterocycles. The monoisotopic (exact) mass is 411 g/mol. The zero-order valence-corrected chi connectivity index (χ0v) is 16.0. The Labute approximate surface area is 166 Å². The van der Waals surface area contributed by atoms with Crippen LogP contribution in [-0.4, -0.2) is 47.7 Å². The minimum atomic E-state index is -4.56. The molecule has 1 aromatic rings. The van der Waals surface area contributed by atoms with Crippen molar-refractivity contribution in [1.82, 2.24) is 15.1 Å². The lowest BCUT2D eigenvalue weighted by Crippen LogP contribution is -2.48. The first kappa shape index (κ1) is 19.9. The second-order valence-electron chi connectivity index (χ2n) is 7.78. The molecule has 1 atom stereocenters. The van der Waals surface area contributed by atoms with Gasteiger partial charge < -0.3 is 15.1 Å². The molecule has 3 nitrogen and oxygen atoms in total. The number of piperazine rings is 1. The molecule has 0 aromatic heterocycles. The molecule has 2 heterocycles. The van der Waals surface area contributed by atoms with Gasteiger partial charge >= 0.3 is 6.18 Å². The van der Waals surface area contributed by atoms with E-state index in [1.807, 2.05) is 12.2 Å². The van der Waals surface area contributed by atoms with Gasteiger partial charge in [0.1, 0.15) is 5.70 Å². The van der Waals surface area contributed by atoms with Crippen LogP contribution in [0.5, 0.6) is 0 Å². The highest BCUT2D eigenvalue weighted by atomic mass is 19.4. The lowest BCUT2D eigenvalue weighted by molar-refractivity contribution is -0.116. The standard InChI is InChI=1S/C21H22F5N3/c1-20-6-2-3-18(28-9-7-27-8-10-28)15(20)12-19(21(24,25)26)29(20)13-14-4-5-16(22)17(23)11-14/h2-5,11-12,27H,6-10,13H2,1H3. The highest BCUT2D eigenvalue weighted by Crippen LogP contribution is 2.49. The van der Waals surface area contributed by atoms with Crippen molar-refractivity contribution in [2.45, 2.75) is 31.6 Å². The van der Waals surface area contributed by atoms with E-state index in [4.69, 9.17) is 0 Å². The van der Waals surface area contributed by atoms with Crippen molar-refractivity contribution in [3.05, 3.63) is 70.6 Å². The topological polar surface area (TPSA) is 18.5 Å². The number of nitrogens with one attached hydrogen (secondary N) is 1. The summed E-state index contributed by atoms with van der Waals surface area (Å²) in [5.41, 5.74) is 0.0486. The number of hydrogen-bond donors (Lipinski definition) is 1. The summed E-state index contributed by atoms with van der Waals surface area (Å²) in [6.07, 6.45) is 0.860. The number of hydrogen-bond acceptors (Lipinski definition) is 3.